The highest BCUT2D eigenvalue weighted by Crippen LogP contribution is 2.36. The highest BCUT2D eigenvalue weighted by molar-refractivity contribution is 6.05. The summed E-state index contributed by atoms with van der Waals surface area (Å²) in [5.74, 6) is 2.33. The summed E-state index contributed by atoms with van der Waals surface area (Å²) in [5.41, 5.74) is 4.72. The molecule has 0 bridgehead atoms. The Balaban J connectivity index is 0.00000230. The van der Waals surface area contributed by atoms with Gasteiger partial charge in [-0.1, -0.05) is 36.4 Å². The molecule has 2 aromatic heterocycles. The van der Waals surface area contributed by atoms with Crippen LogP contribution in [0.2, 0.25) is 0 Å². The molecule has 0 atom stereocenters. The van der Waals surface area contributed by atoms with E-state index in [9.17, 15) is 4.79 Å². The molecule has 0 radical (unpaired) electrons. The minimum absolute atomic E-state index is 0. The normalized spacial score (nSPS) is 12.4. The molecule has 1 saturated heterocycles. The van der Waals surface area contributed by atoms with Gasteiger partial charge in [0.1, 0.15) is 24.6 Å². The van der Waals surface area contributed by atoms with Gasteiger partial charge in [-0.15, -0.1) is 24.8 Å². The zero-order chi connectivity index (χ0) is 29.6. The number of nitrogens with zero attached hydrogens (tertiary/aromatic N) is 4. The minimum atomic E-state index is -0.216. The molecule has 0 spiro atoms. The van der Waals surface area contributed by atoms with Crippen molar-refractivity contribution in [1.29, 1.82) is 0 Å². The summed E-state index contributed by atoms with van der Waals surface area (Å²) in [5, 5.41) is 7.21. The lowest BCUT2D eigenvalue weighted by Crippen LogP contribution is -2.36. The number of aromatic nitrogens is 3. The lowest BCUT2D eigenvalue weighted by atomic mass is 10.1. The predicted octanol–water partition coefficient (Wildman–Crippen LogP) is 6.60. The molecule has 0 saturated carbocycles. The van der Waals surface area contributed by atoms with Gasteiger partial charge in [-0.3, -0.25) is 4.79 Å². The molecule has 1 aliphatic heterocycles. The number of carbonyl (C=O) groups excluding carboxylic acids is 1. The van der Waals surface area contributed by atoms with Crippen molar-refractivity contribution in [2.24, 2.45) is 0 Å². The van der Waals surface area contributed by atoms with Gasteiger partial charge in [0, 0.05) is 47.7 Å². The lowest BCUT2D eigenvalue weighted by molar-refractivity contribution is 0.102. The first kappa shape index (κ1) is 33.3. The highest BCUT2D eigenvalue weighted by Gasteiger charge is 2.16. The SMILES string of the molecule is COc1cc2c(Nc3cc(NC(=O)c4ccnc(N5CCOCC5)c4)ccc3C)ncnc2cc1OCc1ccccc1.Cl.Cl. The number of pyridine rings is 1. The van der Waals surface area contributed by atoms with Gasteiger partial charge in [-0.2, -0.15) is 0 Å². The second-order valence-electron chi connectivity index (χ2n) is 10.1. The summed E-state index contributed by atoms with van der Waals surface area (Å²) in [7, 11) is 1.61. The van der Waals surface area contributed by atoms with E-state index in [1.54, 1.807) is 19.4 Å². The molecular formula is C33H34Cl2N6O4. The van der Waals surface area contributed by atoms with Crippen LogP contribution >= 0.6 is 24.8 Å². The van der Waals surface area contributed by atoms with Crippen LogP contribution in [-0.4, -0.2) is 54.3 Å². The third-order valence-electron chi connectivity index (χ3n) is 7.25. The molecule has 1 aliphatic rings. The van der Waals surface area contributed by atoms with Crippen LogP contribution in [0.15, 0.2) is 85.3 Å². The third-order valence-corrected chi connectivity index (χ3v) is 7.25. The monoisotopic (exact) mass is 648 g/mol. The molecule has 3 aromatic carbocycles. The van der Waals surface area contributed by atoms with Crippen LogP contribution in [0.4, 0.5) is 23.0 Å². The van der Waals surface area contributed by atoms with Crippen LogP contribution in [0.1, 0.15) is 21.5 Å². The summed E-state index contributed by atoms with van der Waals surface area (Å²) in [4.78, 5) is 28.7. The summed E-state index contributed by atoms with van der Waals surface area (Å²) in [6, 6.07) is 22.9. The van der Waals surface area contributed by atoms with E-state index in [0.717, 1.165) is 41.1 Å². The standard InChI is InChI=1S/C33H32N6O4.2ClH/c1-22-8-9-25(37-33(40)24-10-11-34-31(16-24)39-12-14-42-15-13-39)17-27(22)38-32-26-18-29(41-2)30(19-28(26)35-21-36-32)43-20-23-6-4-3-5-7-23;;/h3-11,16-19,21H,12-15,20H2,1-2H3,(H,37,40)(H,35,36,38);2*1H. The van der Waals surface area contributed by atoms with E-state index in [1.165, 1.54) is 6.33 Å². The molecule has 10 nitrogen and oxygen atoms in total. The third kappa shape index (κ3) is 7.91. The largest absolute Gasteiger partial charge is 0.493 e. The van der Waals surface area contributed by atoms with E-state index in [-0.39, 0.29) is 30.7 Å². The van der Waals surface area contributed by atoms with E-state index >= 15 is 0 Å². The summed E-state index contributed by atoms with van der Waals surface area (Å²) >= 11 is 0. The van der Waals surface area contributed by atoms with E-state index < -0.39 is 0 Å². The Labute approximate surface area is 274 Å². The van der Waals surface area contributed by atoms with E-state index in [0.29, 0.717) is 53.9 Å². The number of rotatable bonds is 9. The fourth-order valence-electron chi connectivity index (χ4n) is 4.86. The minimum Gasteiger partial charge on any atom is -0.493 e. The number of nitrogens with one attached hydrogen (secondary N) is 2. The zero-order valence-electron chi connectivity index (χ0n) is 24.9. The van der Waals surface area contributed by atoms with Crippen molar-refractivity contribution in [3.05, 3.63) is 102 Å². The predicted molar refractivity (Wildman–Crippen MR) is 181 cm³/mol. The lowest BCUT2D eigenvalue weighted by Gasteiger charge is -2.27. The summed E-state index contributed by atoms with van der Waals surface area (Å²) in [6.07, 6.45) is 3.17. The number of hydrogen-bond acceptors (Lipinski definition) is 9. The number of methoxy groups -OCH3 is 1. The maximum absolute atomic E-state index is 13.2. The number of carbonyl (C=O) groups is 1. The molecular weight excluding hydrogens is 615 g/mol. The van der Waals surface area contributed by atoms with Crippen molar-refractivity contribution < 1.29 is 19.0 Å². The molecule has 12 heteroatoms. The molecule has 3 heterocycles. The number of benzene rings is 3. The first-order valence-corrected chi connectivity index (χ1v) is 14.0. The van der Waals surface area contributed by atoms with Gasteiger partial charge in [-0.25, -0.2) is 15.0 Å². The molecule has 45 heavy (non-hydrogen) atoms. The first-order chi connectivity index (χ1) is 21.1. The maximum atomic E-state index is 13.2. The fourth-order valence-corrected chi connectivity index (χ4v) is 4.86. The molecule has 1 amide bonds. The zero-order valence-corrected chi connectivity index (χ0v) is 26.5. The van der Waals surface area contributed by atoms with Gasteiger partial charge >= 0.3 is 0 Å². The fraction of sp³-hybridized carbons (Fsp3) is 0.212. The van der Waals surface area contributed by atoms with Crippen LogP contribution in [0.5, 0.6) is 11.5 Å². The Bertz CT molecular complexity index is 1750. The van der Waals surface area contributed by atoms with Crippen molar-refractivity contribution >= 4 is 64.6 Å². The summed E-state index contributed by atoms with van der Waals surface area (Å²) < 4.78 is 17.2. The van der Waals surface area contributed by atoms with Crippen LogP contribution < -0.4 is 25.0 Å². The number of ether oxygens (including phenoxy) is 3. The van der Waals surface area contributed by atoms with Crippen LogP contribution in [0.25, 0.3) is 10.9 Å². The van der Waals surface area contributed by atoms with Crippen molar-refractivity contribution in [2.75, 3.05) is 48.9 Å². The Morgan fingerprint density at radius 1 is 0.933 bits per heavy atom. The number of amides is 1. The van der Waals surface area contributed by atoms with Crippen molar-refractivity contribution in [3.8, 4) is 11.5 Å². The van der Waals surface area contributed by atoms with E-state index in [1.807, 2.05) is 73.7 Å². The second-order valence-corrected chi connectivity index (χ2v) is 10.1. The molecule has 6 rings (SSSR count). The van der Waals surface area contributed by atoms with E-state index in [2.05, 4.69) is 30.5 Å². The van der Waals surface area contributed by atoms with Crippen LogP contribution in [0.3, 0.4) is 0 Å². The van der Waals surface area contributed by atoms with E-state index in [4.69, 9.17) is 14.2 Å². The quantitative estimate of drug-likeness (QED) is 0.183. The Hall–Kier alpha value is -4.64. The van der Waals surface area contributed by atoms with Gasteiger partial charge in [-0.05, 0) is 48.4 Å². The highest BCUT2D eigenvalue weighted by atomic mass is 35.5. The van der Waals surface area contributed by atoms with Gasteiger partial charge in [0.15, 0.2) is 11.5 Å². The molecule has 0 unspecified atom stereocenters. The molecule has 234 valence electrons. The summed E-state index contributed by atoms with van der Waals surface area (Å²) in [6.45, 7) is 5.19. The smallest absolute Gasteiger partial charge is 0.255 e. The maximum Gasteiger partial charge on any atom is 0.255 e. The van der Waals surface area contributed by atoms with Crippen molar-refractivity contribution in [3.63, 3.8) is 0 Å². The molecule has 1 fully saturated rings. The average Bonchev–Trinajstić information content (AvgIpc) is 3.06. The Kier molecular flexibility index (Phi) is 11.4. The topological polar surface area (TPSA) is 111 Å². The molecule has 0 aliphatic carbocycles. The van der Waals surface area contributed by atoms with Gasteiger partial charge in [0.25, 0.3) is 5.91 Å². The first-order valence-electron chi connectivity index (χ1n) is 14.0. The van der Waals surface area contributed by atoms with Gasteiger partial charge in [0.05, 0.1) is 25.8 Å². The molecule has 2 N–H and O–H groups in total. The number of fused-ring (bicyclic) bond motifs is 1. The van der Waals surface area contributed by atoms with Crippen molar-refractivity contribution in [2.45, 2.75) is 13.5 Å². The number of anilines is 4. The number of aryl methyl sites for hydroxylation is 1. The Morgan fingerprint density at radius 2 is 1.73 bits per heavy atom. The van der Waals surface area contributed by atoms with Crippen molar-refractivity contribution in [1.82, 2.24) is 15.0 Å². The number of morpholine rings is 1. The molecule has 5 aromatic rings. The number of halogens is 2. The number of hydrogen-bond donors (Lipinski definition) is 2. The average molecular weight is 650 g/mol. The van der Waals surface area contributed by atoms with Crippen LogP contribution in [-0.2, 0) is 11.3 Å². The van der Waals surface area contributed by atoms with Gasteiger partial charge < -0.3 is 29.7 Å². The van der Waals surface area contributed by atoms with Gasteiger partial charge in [0.2, 0.25) is 0 Å². The van der Waals surface area contributed by atoms with Crippen LogP contribution in [0, 0.1) is 6.92 Å². The Morgan fingerprint density at radius 3 is 2.51 bits per heavy atom. The second kappa shape index (κ2) is 15.4.